The number of halogens is 1. The Morgan fingerprint density at radius 2 is 2.10 bits per heavy atom. The fraction of sp³-hybridized carbons (Fsp3) is 0.500. The molecular weight excluding hydrogens is 312 g/mol. The van der Waals surface area contributed by atoms with Crippen LogP contribution in [-0.4, -0.2) is 32.4 Å². The molecular formula is C14H19ClN2O3S. The molecule has 0 saturated heterocycles. The summed E-state index contributed by atoms with van der Waals surface area (Å²) in [5.74, 6) is -0.0746. The molecule has 7 heteroatoms. The number of hydrogen-bond donors (Lipinski definition) is 2. The molecule has 1 aliphatic heterocycles. The quantitative estimate of drug-likeness (QED) is 0.865. The highest BCUT2D eigenvalue weighted by Crippen LogP contribution is 2.35. The van der Waals surface area contributed by atoms with Gasteiger partial charge in [-0.15, -0.1) is 0 Å². The second kappa shape index (κ2) is 5.94. The van der Waals surface area contributed by atoms with Crippen molar-refractivity contribution in [2.24, 2.45) is 0 Å². The monoisotopic (exact) mass is 330 g/mol. The van der Waals surface area contributed by atoms with Gasteiger partial charge >= 0.3 is 0 Å². The Morgan fingerprint density at radius 1 is 1.43 bits per heavy atom. The Hall–Kier alpha value is -1.11. The third-order valence-electron chi connectivity index (χ3n) is 3.75. The van der Waals surface area contributed by atoms with Crippen LogP contribution < -0.4 is 10.6 Å². The molecule has 0 fully saturated rings. The normalized spacial score (nSPS) is 17.2. The summed E-state index contributed by atoms with van der Waals surface area (Å²) in [6.07, 6.45) is 1.51. The Labute approximate surface area is 130 Å². The lowest BCUT2D eigenvalue weighted by molar-refractivity contribution is -0.115. The van der Waals surface area contributed by atoms with E-state index in [2.05, 4.69) is 10.6 Å². The molecule has 2 N–H and O–H groups in total. The van der Waals surface area contributed by atoms with Crippen LogP contribution >= 0.6 is 11.6 Å². The number of carbonyl (C=O) groups excluding carboxylic acids is 1. The van der Waals surface area contributed by atoms with Crippen LogP contribution in [0.25, 0.3) is 0 Å². The maximum absolute atomic E-state index is 11.9. The number of carbonyl (C=O) groups is 1. The minimum atomic E-state index is -3.22. The molecule has 5 nitrogen and oxygen atoms in total. The van der Waals surface area contributed by atoms with Crippen molar-refractivity contribution in [3.63, 3.8) is 0 Å². The molecule has 116 valence electrons. The molecule has 1 aromatic carbocycles. The zero-order valence-corrected chi connectivity index (χ0v) is 13.8. The number of fused-ring (bicyclic) bond motifs is 1. The van der Waals surface area contributed by atoms with Crippen LogP contribution in [0.3, 0.4) is 0 Å². The average molecular weight is 331 g/mol. The van der Waals surface area contributed by atoms with Crippen LogP contribution in [0.4, 0.5) is 5.69 Å². The fourth-order valence-corrected chi connectivity index (χ4v) is 3.52. The minimum absolute atomic E-state index is 0.0746. The van der Waals surface area contributed by atoms with Gasteiger partial charge < -0.3 is 10.6 Å². The molecule has 2 unspecified atom stereocenters. The van der Waals surface area contributed by atoms with Crippen molar-refractivity contribution in [2.45, 2.75) is 31.6 Å². The number of rotatable bonds is 5. The number of hydrogen-bond acceptors (Lipinski definition) is 4. The lowest BCUT2D eigenvalue weighted by Gasteiger charge is -2.25. The number of anilines is 1. The van der Waals surface area contributed by atoms with Crippen molar-refractivity contribution >= 4 is 33.0 Å². The topological polar surface area (TPSA) is 75.3 Å². The molecule has 0 bridgehead atoms. The van der Waals surface area contributed by atoms with E-state index in [0.29, 0.717) is 29.2 Å². The van der Waals surface area contributed by atoms with E-state index in [4.69, 9.17) is 11.6 Å². The first-order valence-corrected chi connectivity index (χ1v) is 9.11. The first-order valence-electron chi connectivity index (χ1n) is 6.78. The largest absolute Gasteiger partial charge is 0.325 e. The molecule has 0 spiro atoms. The van der Waals surface area contributed by atoms with Crippen molar-refractivity contribution in [1.82, 2.24) is 5.32 Å². The lowest BCUT2D eigenvalue weighted by Crippen LogP contribution is -2.35. The third kappa shape index (κ3) is 3.39. The summed E-state index contributed by atoms with van der Waals surface area (Å²) in [7, 11) is -3.22. The Bertz CT molecular complexity index is 673. The summed E-state index contributed by atoms with van der Waals surface area (Å²) in [5.41, 5.74) is 2.27. The Morgan fingerprint density at radius 3 is 2.67 bits per heavy atom. The molecule has 1 heterocycles. The van der Waals surface area contributed by atoms with E-state index in [1.54, 1.807) is 13.0 Å². The van der Waals surface area contributed by atoms with Gasteiger partial charge in [0.1, 0.15) is 0 Å². The van der Waals surface area contributed by atoms with Crippen molar-refractivity contribution in [3.8, 4) is 0 Å². The molecule has 2 rings (SSSR count). The van der Waals surface area contributed by atoms with Gasteiger partial charge in [0, 0.05) is 17.0 Å². The summed E-state index contributed by atoms with van der Waals surface area (Å²) < 4.78 is 23.7. The van der Waals surface area contributed by atoms with Gasteiger partial charge in [-0.3, -0.25) is 4.79 Å². The van der Waals surface area contributed by atoms with Crippen LogP contribution in [0.2, 0.25) is 5.02 Å². The maximum atomic E-state index is 11.9. The maximum Gasteiger partial charge on any atom is 0.228 e. The predicted octanol–water partition coefficient (Wildman–Crippen LogP) is 1.92. The van der Waals surface area contributed by atoms with E-state index in [1.165, 1.54) is 6.26 Å². The standard InChI is InChI=1S/C14H19ClN2O3S/c1-4-16-14(8(2)21(3,19)20)10-5-9-6-13(18)17-12(9)7-11(10)15/h5,7-8,14,16H,4,6H2,1-3H3,(H,17,18). The smallest absolute Gasteiger partial charge is 0.228 e. The molecule has 2 atom stereocenters. The van der Waals surface area contributed by atoms with Gasteiger partial charge in [-0.05, 0) is 30.7 Å². The summed E-state index contributed by atoms with van der Waals surface area (Å²) in [6, 6.07) is 3.11. The van der Waals surface area contributed by atoms with Crippen LogP contribution in [0, 0.1) is 0 Å². The van der Waals surface area contributed by atoms with E-state index in [0.717, 1.165) is 5.56 Å². The van der Waals surface area contributed by atoms with Crippen LogP contribution in [0.15, 0.2) is 12.1 Å². The summed E-state index contributed by atoms with van der Waals surface area (Å²) in [5, 5.41) is 5.76. The second-order valence-electron chi connectivity index (χ2n) is 5.33. The van der Waals surface area contributed by atoms with Gasteiger partial charge in [-0.1, -0.05) is 24.6 Å². The zero-order chi connectivity index (χ0) is 15.8. The first kappa shape index (κ1) is 16.3. The summed E-state index contributed by atoms with van der Waals surface area (Å²) >= 11 is 6.29. The predicted molar refractivity (Wildman–Crippen MR) is 84.5 cm³/mol. The average Bonchev–Trinajstić information content (AvgIpc) is 2.72. The van der Waals surface area contributed by atoms with Gasteiger partial charge in [0.25, 0.3) is 0 Å². The number of benzene rings is 1. The van der Waals surface area contributed by atoms with Crippen LogP contribution in [-0.2, 0) is 21.1 Å². The molecule has 0 aromatic heterocycles. The van der Waals surface area contributed by atoms with Crippen molar-refractivity contribution in [1.29, 1.82) is 0 Å². The third-order valence-corrected chi connectivity index (χ3v) is 5.70. The highest BCUT2D eigenvalue weighted by Gasteiger charge is 2.30. The van der Waals surface area contributed by atoms with E-state index in [-0.39, 0.29) is 5.91 Å². The second-order valence-corrected chi connectivity index (χ2v) is 8.14. The molecule has 1 aromatic rings. The Kier molecular flexibility index (Phi) is 4.60. The number of sulfone groups is 1. The lowest BCUT2D eigenvalue weighted by atomic mass is 10.00. The van der Waals surface area contributed by atoms with Crippen molar-refractivity contribution < 1.29 is 13.2 Å². The first-order chi connectivity index (χ1) is 9.74. The highest BCUT2D eigenvalue weighted by molar-refractivity contribution is 7.91. The van der Waals surface area contributed by atoms with E-state index in [9.17, 15) is 13.2 Å². The fourth-order valence-electron chi connectivity index (χ4n) is 2.50. The minimum Gasteiger partial charge on any atom is -0.325 e. The van der Waals surface area contributed by atoms with E-state index in [1.807, 2.05) is 13.0 Å². The molecule has 1 aliphatic rings. The van der Waals surface area contributed by atoms with Crippen LogP contribution in [0.5, 0.6) is 0 Å². The van der Waals surface area contributed by atoms with Gasteiger partial charge in [0.2, 0.25) is 5.91 Å². The molecule has 21 heavy (non-hydrogen) atoms. The molecule has 0 saturated carbocycles. The van der Waals surface area contributed by atoms with Crippen LogP contribution in [0.1, 0.15) is 31.0 Å². The number of nitrogens with one attached hydrogen (secondary N) is 2. The zero-order valence-electron chi connectivity index (χ0n) is 12.2. The SMILES string of the molecule is CCNC(c1cc2c(cc1Cl)NC(=O)C2)C(C)S(C)(=O)=O. The van der Waals surface area contributed by atoms with Crippen molar-refractivity contribution in [3.05, 3.63) is 28.3 Å². The van der Waals surface area contributed by atoms with E-state index < -0.39 is 21.1 Å². The van der Waals surface area contributed by atoms with Gasteiger partial charge in [0.15, 0.2) is 9.84 Å². The van der Waals surface area contributed by atoms with Gasteiger partial charge in [-0.2, -0.15) is 0 Å². The molecule has 0 aliphatic carbocycles. The molecule has 0 radical (unpaired) electrons. The summed E-state index contributed by atoms with van der Waals surface area (Å²) in [4.78, 5) is 11.4. The summed E-state index contributed by atoms with van der Waals surface area (Å²) in [6.45, 7) is 4.19. The molecule has 1 amide bonds. The highest BCUT2D eigenvalue weighted by atomic mass is 35.5. The Balaban J connectivity index is 2.47. The van der Waals surface area contributed by atoms with Gasteiger partial charge in [-0.25, -0.2) is 8.42 Å². The van der Waals surface area contributed by atoms with Crippen molar-refractivity contribution in [2.75, 3.05) is 18.1 Å². The van der Waals surface area contributed by atoms with E-state index >= 15 is 0 Å². The number of amides is 1. The van der Waals surface area contributed by atoms with Gasteiger partial charge in [0.05, 0.1) is 17.7 Å².